The van der Waals surface area contributed by atoms with Crippen molar-refractivity contribution in [1.29, 1.82) is 10.8 Å². The Morgan fingerprint density at radius 2 is 2.00 bits per heavy atom. The molecule has 0 N–H and O–H groups in total. The van der Waals surface area contributed by atoms with E-state index in [0.717, 1.165) is 0 Å². The van der Waals surface area contributed by atoms with E-state index in [1.807, 2.05) is 0 Å². The number of hydrogen-bond acceptors (Lipinski definition) is 6. The molecule has 2 rings (SSSR count). The number of benzene rings is 1. The molecule has 15 heavy (non-hydrogen) atoms. The highest BCUT2D eigenvalue weighted by molar-refractivity contribution is 5.90. The molecule has 0 atom stereocenters. The lowest BCUT2D eigenvalue weighted by atomic mass is 10.2. The predicted octanol–water partition coefficient (Wildman–Crippen LogP) is 1.23. The van der Waals surface area contributed by atoms with Crippen LogP contribution < -0.4 is 9.47 Å². The zero-order valence-electron chi connectivity index (χ0n) is 7.97. The summed E-state index contributed by atoms with van der Waals surface area (Å²) >= 11 is 0. The highest BCUT2D eigenvalue weighted by Crippen LogP contribution is 2.32. The van der Waals surface area contributed by atoms with Gasteiger partial charge in [-0.05, 0) is 18.2 Å². The number of fused-ring (bicyclic) bond motifs is 1. The number of ether oxygens (including phenoxy) is 3. The van der Waals surface area contributed by atoms with E-state index in [9.17, 15) is 4.79 Å². The van der Waals surface area contributed by atoms with Gasteiger partial charge in [0.15, 0.2) is 11.5 Å². The topological polar surface area (TPSA) is 92.3 Å². The van der Waals surface area contributed by atoms with E-state index in [-0.39, 0.29) is 12.8 Å². The zero-order chi connectivity index (χ0) is 11.3. The van der Waals surface area contributed by atoms with Gasteiger partial charge < -0.3 is 14.2 Å². The van der Waals surface area contributed by atoms with E-state index in [0.29, 0.717) is 17.1 Å². The normalized spacial score (nSPS) is 11.1. The first-order chi connectivity index (χ1) is 7.31. The largest absolute Gasteiger partial charge is 0.465 e. The van der Waals surface area contributed by atoms with Crippen molar-refractivity contribution in [1.82, 2.24) is 0 Å². The van der Waals surface area contributed by atoms with E-state index in [1.54, 1.807) is 18.2 Å². The second-order valence-corrected chi connectivity index (χ2v) is 2.56. The number of hydrogen-bond donors (Lipinski definition) is 0. The highest BCUT2D eigenvalue weighted by Gasteiger charge is 2.15. The summed E-state index contributed by atoms with van der Waals surface area (Å²) in [6, 6.07) is 4.93. The van der Waals surface area contributed by atoms with Crippen molar-refractivity contribution < 1.29 is 19.0 Å². The van der Waals surface area contributed by atoms with Gasteiger partial charge >= 0.3 is 5.97 Å². The minimum Gasteiger partial charge on any atom is -0.465 e. The fourth-order valence-corrected chi connectivity index (χ4v) is 1.14. The minimum absolute atomic E-state index is 0.208. The van der Waals surface area contributed by atoms with E-state index in [1.165, 1.54) is 7.11 Å². The number of rotatable bonds is 1. The Kier molecular flexibility index (Phi) is 3.46. The molecule has 0 saturated carbocycles. The van der Waals surface area contributed by atoms with Gasteiger partial charge in [-0.25, -0.2) is 4.79 Å². The first kappa shape index (κ1) is 10.8. The van der Waals surface area contributed by atoms with Crippen molar-refractivity contribution in [3.63, 3.8) is 0 Å². The van der Waals surface area contributed by atoms with Crippen LogP contribution in [0.4, 0.5) is 0 Å². The lowest BCUT2D eigenvalue weighted by molar-refractivity contribution is 0.0600. The van der Waals surface area contributed by atoms with Gasteiger partial charge in [-0.3, -0.25) is 0 Å². The third kappa shape index (κ3) is 2.14. The van der Waals surface area contributed by atoms with E-state index < -0.39 is 0 Å². The molecule has 1 aliphatic heterocycles. The van der Waals surface area contributed by atoms with Crippen molar-refractivity contribution in [2.45, 2.75) is 0 Å². The summed E-state index contributed by atoms with van der Waals surface area (Å²) in [5.74, 6) is 0.869. The third-order valence-corrected chi connectivity index (χ3v) is 1.79. The quantitative estimate of drug-likeness (QED) is 0.509. The molecule has 1 aliphatic rings. The van der Waals surface area contributed by atoms with Gasteiger partial charge in [-0.1, -0.05) is 0 Å². The Morgan fingerprint density at radius 3 is 2.67 bits per heavy atom. The number of carbonyl (C=O) groups is 1. The van der Waals surface area contributed by atoms with E-state index in [4.69, 9.17) is 20.3 Å². The van der Waals surface area contributed by atoms with Gasteiger partial charge in [-0.2, -0.15) is 0 Å². The van der Waals surface area contributed by atoms with Crippen LogP contribution in [0.25, 0.3) is 0 Å². The summed E-state index contributed by atoms with van der Waals surface area (Å²) in [6.45, 7) is 0.208. The van der Waals surface area contributed by atoms with Crippen LogP contribution in [0.2, 0.25) is 0 Å². The first-order valence-corrected chi connectivity index (χ1v) is 3.99. The maximum absolute atomic E-state index is 11.1. The molecule has 0 saturated heterocycles. The second kappa shape index (κ2) is 4.81. The van der Waals surface area contributed by atoms with Gasteiger partial charge in [0.2, 0.25) is 6.79 Å². The van der Waals surface area contributed by atoms with Crippen LogP contribution in [0.3, 0.4) is 0 Å². The fourth-order valence-electron chi connectivity index (χ4n) is 1.14. The molecule has 0 amide bonds. The number of nitrogens with zero attached hydrogens (tertiary/aromatic N) is 2. The Morgan fingerprint density at radius 1 is 1.33 bits per heavy atom. The molecular formula is C9H8N2O4. The Balaban J connectivity index is 0.000000531. The van der Waals surface area contributed by atoms with Gasteiger partial charge in [0.1, 0.15) is 0 Å². The lowest BCUT2D eigenvalue weighted by Gasteiger charge is -1.99. The first-order valence-electron chi connectivity index (χ1n) is 3.99. The Bertz CT molecular complexity index is 389. The fraction of sp³-hybridized carbons (Fsp3) is 0.222. The van der Waals surface area contributed by atoms with E-state index in [2.05, 4.69) is 4.74 Å². The van der Waals surface area contributed by atoms with Gasteiger partial charge in [0.25, 0.3) is 0 Å². The highest BCUT2D eigenvalue weighted by atomic mass is 16.7. The van der Waals surface area contributed by atoms with E-state index >= 15 is 0 Å². The summed E-state index contributed by atoms with van der Waals surface area (Å²) in [6.07, 6.45) is 0. The van der Waals surface area contributed by atoms with Crippen LogP contribution in [-0.2, 0) is 4.74 Å². The summed E-state index contributed by atoms with van der Waals surface area (Å²) in [7, 11) is 1.34. The molecule has 0 unspecified atom stereocenters. The smallest absolute Gasteiger partial charge is 0.337 e. The second-order valence-electron chi connectivity index (χ2n) is 2.56. The third-order valence-electron chi connectivity index (χ3n) is 1.79. The standard InChI is InChI=1S/C9H8O4.N2/c1-11-9(10)6-2-3-7-8(4-6)13-5-12-7;1-2/h2-4H,5H2,1H3;. The van der Waals surface area contributed by atoms with Gasteiger partial charge in [0, 0.05) is 10.8 Å². The molecule has 6 nitrogen and oxygen atoms in total. The van der Waals surface area contributed by atoms with Crippen LogP contribution >= 0.6 is 0 Å². The van der Waals surface area contributed by atoms with Crippen LogP contribution in [-0.4, -0.2) is 19.9 Å². The Labute approximate surface area is 85.8 Å². The SMILES string of the molecule is COC(=O)c1ccc2c(c1)OCO2.N#N. The molecule has 78 valence electrons. The molecule has 1 aromatic carbocycles. The van der Waals surface area contributed by atoms with Crippen molar-refractivity contribution in [2.75, 3.05) is 13.9 Å². The molecule has 0 bridgehead atoms. The number of esters is 1. The number of carbonyl (C=O) groups excluding carboxylic acids is 1. The summed E-state index contributed by atoms with van der Waals surface area (Å²) < 4.78 is 14.8. The average molecular weight is 208 g/mol. The molecule has 0 radical (unpaired) electrons. The van der Waals surface area contributed by atoms with Crippen LogP contribution in [0.15, 0.2) is 18.2 Å². The molecule has 0 fully saturated rings. The van der Waals surface area contributed by atoms with Crippen LogP contribution in [0.1, 0.15) is 10.4 Å². The van der Waals surface area contributed by atoms with Crippen LogP contribution in [0, 0.1) is 10.8 Å². The van der Waals surface area contributed by atoms with Crippen molar-refractivity contribution in [3.8, 4) is 11.5 Å². The Hall–Kier alpha value is -2.29. The van der Waals surface area contributed by atoms with Crippen LogP contribution in [0.5, 0.6) is 11.5 Å². The maximum Gasteiger partial charge on any atom is 0.337 e. The molecule has 1 aromatic rings. The monoisotopic (exact) mass is 208 g/mol. The summed E-state index contributed by atoms with van der Waals surface area (Å²) in [5, 5.41) is 12.0. The zero-order valence-corrected chi connectivity index (χ0v) is 7.97. The number of methoxy groups -OCH3 is 1. The molecular weight excluding hydrogens is 200 g/mol. The van der Waals surface area contributed by atoms with Crippen molar-refractivity contribution in [3.05, 3.63) is 23.8 Å². The molecule has 0 aliphatic carbocycles. The molecule has 6 heteroatoms. The van der Waals surface area contributed by atoms with Crippen molar-refractivity contribution in [2.24, 2.45) is 0 Å². The average Bonchev–Trinajstić information content (AvgIpc) is 2.77. The van der Waals surface area contributed by atoms with Gasteiger partial charge in [-0.15, -0.1) is 0 Å². The molecule has 0 spiro atoms. The van der Waals surface area contributed by atoms with Gasteiger partial charge in [0.05, 0.1) is 12.7 Å². The summed E-state index contributed by atoms with van der Waals surface area (Å²) in [4.78, 5) is 11.1. The summed E-state index contributed by atoms with van der Waals surface area (Å²) in [5.41, 5.74) is 0.465. The predicted molar refractivity (Wildman–Crippen MR) is 47.4 cm³/mol. The molecule has 0 aromatic heterocycles. The lowest BCUT2D eigenvalue weighted by Crippen LogP contribution is -2.00. The van der Waals surface area contributed by atoms with Crippen molar-refractivity contribution >= 4 is 5.97 Å². The maximum atomic E-state index is 11.1. The molecule has 1 heterocycles. The minimum atomic E-state index is -0.377.